The van der Waals surface area contributed by atoms with Crippen LogP contribution in [0.2, 0.25) is 0 Å². The maximum atomic E-state index is 5.79. The molecule has 27 heavy (non-hydrogen) atoms. The molecule has 2 aromatic heterocycles. The summed E-state index contributed by atoms with van der Waals surface area (Å²) in [5.74, 6) is 2.06. The Hall–Kier alpha value is -2.89. The molecule has 0 aliphatic carbocycles. The molecule has 2 N–H and O–H groups in total. The number of anilines is 2. The van der Waals surface area contributed by atoms with Crippen molar-refractivity contribution < 1.29 is 0 Å². The molecule has 0 saturated carbocycles. The van der Waals surface area contributed by atoms with Gasteiger partial charge >= 0.3 is 0 Å². The summed E-state index contributed by atoms with van der Waals surface area (Å²) in [7, 11) is 0. The molecule has 3 aromatic rings. The predicted octanol–water partition coefficient (Wildman–Crippen LogP) is 3.52. The van der Waals surface area contributed by atoms with E-state index in [1.54, 1.807) is 12.3 Å². The minimum Gasteiger partial charge on any atom is -0.384 e. The highest BCUT2D eigenvalue weighted by Crippen LogP contribution is 2.42. The van der Waals surface area contributed by atoms with Crippen LogP contribution in [-0.4, -0.2) is 32.6 Å². The van der Waals surface area contributed by atoms with Crippen LogP contribution in [0.25, 0.3) is 11.3 Å². The summed E-state index contributed by atoms with van der Waals surface area (Å²) in [6.07, 6.45) is 10.5. The van der Waals surface area contributed by atoms with Crippen molar-refractivity contribution in [3.63, 3.8) is 0 Å². The van der Waals surface area contributed by atoms with Crippen LogP contribution in [0.3, 0.4) is 0 Å². The molecule has 1 saturated heterocycles. The summed E-state index contributed by atoms with van der Waals surface area (Å²) < 4.78 is 2.35. The van der Waals surface area contributed by atoms with Crippen molar-refractivity contribution in [3.05, 3.63) is 54.6 Å². The first-order chi connectivity index (χ1) is 13.3. The van der Waals surface area contributed by atoms with Crippen LogP contribution in [0.5, 0.6) is 0 Å². The monoisotopic (exact) mass is 360 g/mol. The molecular formula is C21H24N6. The summed E-state index contributed by atoms with van der Waals surface area (Å²) in [4.78, 5) is 15.3. The van der Waals surface area contributed by atoms with E-state index in [1.807, 2.05) is 12.5 Å². The molecule has 1 fully saturated rings. The molecule has 1 unspecified atom stereocenters. The molecule has 0 radical (unpaired) electrons. The van der Waals surface area contributed by atoms with Gasteiger partial charge in [0.25, 0.3) is 0 Å². The van der Waals surface area contributed by atoms with E-state index >= 15 is 0 Å². The number of hydrogen-bond donors (Lipinski definition) is 1. The normalized spacial score (nSPS) is 19.1. The van der Waals surface area contributed by atoms with E-state index in [0.717, 1.165) is 25.0 Å². The van der Waals surface area contributed by atoms with E-state index in [0.29, 0.717) is 11.9 Å². The highest BCUT2D eigenvalue weighted by molar-refractivity contribution is 5.68. The smallest absolute Gasteiger partial charge is 0.227 e. The lowest BCUT2D eigenvalue weighted by atomic mass is 9.89. The van der Waals surface area contributed by atoms with E-state index in [9.17, 15) is 0 Å². The van der Waals surface area contributed by atoms with Crippen LogP contribution >= 0.6 is 0 Å². The number of nitrogen functional groups attached to an aromatic ring is 1. The fourth-order valence-corrected chi connectivity index (χ4v) is 4.56. The number of benzene rings is 1. The molecule has 2 aliphatic heterocycles. The highest BCUT2D eigenvalue weighted by Gasteiger charge is 2.29. The number of imidazole rings is 1. The average Bonchev–Trinajstić information content (AvgIpc) is 3.28. The zero-order valence-electron chi connectivity index (χ0n) is 15.3. The zero-order chi connectivity index (χ0) is 18.2. The number of piperidine rings is 1. The van der Waals surface area contributed by atoms with Gasteiger partial charge in [0.05, 0.1) is 24.3 Å². The summed E-state index contributed by atoms with van der Waals surface area (Å²) >= 11 is 0. The molecule has 5 rings (SSSR count). The maximum Gasteiger partial charge on any atom is 0.227 e. The topological polar surface area (TPSA) is 72.9 Å². The number of aromatic nitrogens is 4. The molecule has 0 spiro atoms. The van der Waals surface area contributed by atoms with Gasteiger partial charge in [0.15, 0.2) is 0 Å². The van der Waals surface area contributed by atoms with Gasteiger partial charge in [-0.2, -0.15) is 4.98 Å². The number of nitrogens with two attached hydrogens (primary N) is 1. The minimum absolute atomic E-state index is 0.425. The summed E-state index contributed by atoms with van der Waals surface area (Å²) in [6.45, 7) is 2.01. The Kier molecular flexibility index (Phi) is 4.03. The van der Waals surface area contributed by atoms with Crippen LogP contribution in [0.4, 0.5) is 11.8 Å². The van der Waals surface area contributed by atoms with E-state index in [1.165, 1.54) is 42.5 Å². The summed E-state index contributed by atoms with van der Waals surface area (Å²) in [5, 5.41) is 0. The van der Waals surface area contributed by atoms with Crippen LogP contribution in [0, 0.1) is 5.92 Å². The average molecular weight is 360 g/mol. The largest absolute Gasteiger partial charge is 0.384 e. The van der Waals surface area contributed by atoms with Crippen LogP contribution in [0.15, 0.2) is 49.1 Å². The Balaban J connectivity index is 1.22. The third-order valence-electron chi connectivity index (χ3n) is 6.01. The SMILES string of the molecule is Nc1ccnc(N2CCC(CCC3c4ccccc4-c4cncn43)CC2)n1. The first kappa shape index (κ1) is 16.3. The standard InChI is InChI=1S/C21H24N6/c22-20-7-10-24-21(25-20)26-11-8-15(9-12-26)5-6-18-16-3-1-2-4-17(16)19-13-23-14-27(18)19/h1-4,7,10,13-15,18H,5-6,8-9,11-12H2,(H2,22,24,25). The number of fused-ring (bicyclic) bond motifs is 3. The van der Waals surface area contributed by atoms with E-state index < -0.39 is 0 Å². The number of hydrogen-bond acceptors (Lipinski definition) is 5. The minimum atomic E-state index is 0.425. The molecule has 4 heterocycles. The van der Waals surface area contributed by atoms with Gasteiger partial charge < -0.3 is 15.2 Å². The molecule has 6 heteroatoms. The van der Waals surface area contributed by atoms with Gasteiger partial charge in [-0.15, -0.1) is 0 Å². The molecule has 1 atom stereocenters. The van der Waals surface area contributed by atoms with Crippen LogP contribution < -0.4 is 10.6 Å². The third-order valence-corrected chi connectivity index (χ3v) is 6.01. The van der Waals surface area contributed by atoms with Crippen LogP contribution in [-0.2, 0) is 0 Å². The second kappa shape index (κ2) is 6.68. The molecule has 0 amide bonds. The van der Waals surface area contributed by atoms with Gasteiger partial charge in [0.2, 0.25) is 5.95 Å². The Labute approximate surface area is 159 Å². The molecule has 138 valence electrons. The second-order valence-electron chi connectivity index (χ2n) is 7.58. The van der Waals surface area contributed by atoms with Crippen molar-refractivity contribution >= 4 is 11.8 Å². The van der Waals surface area contributed by atoms with E-state index in [2.05, 4.69) is 48.7 Å². The van der Waals surface area contributed by atoms with Crippen molar-refractivity contribution in [3.8, 4) is 11.3 Å². The lowest BCUT2D eigenvalue weighted by molar-refractivity contribution is 0.351. The van der Waals surface area contributed by atoms with Crippen molar-refractivity contribution in [2.45, 2.75) is 31.7 Å². The highest BCUT2D eigenvalue weighted by atomic mass is 15.3. The van der Waals surface area contributed by atoms with Gasteiger partial charge in [-0.3, -0.25) is 0 Å². The Bertz CT molecular complexity index is 941. The second-order valence-corrected chi connectivity index (χ2v) is 7.58. The Morgan fingerprint density at radius 2 is 1.93 bits per heavy atom. The number of nitrogens with zero attached hydrogens (tertiary/aromatic N) is 5. The predicted molar refractivity (Wildman–Crippen MR) is 106 cm³/mol. The molecule has 2 aliphatic rings. The quantitative estimate of drug-likeness (QED) is 0.771. The van der Waals surface area contributed by atoms with Gasteiger partial charge in [-0.25, -0.2) is 9.97 Å². The van der Waals surface area contributed by atoms with E-state index in [-0.39, 0.29) is 0 Å². The first-order valence-corrected chi connectivity index (χ1v) is 9.74. The van der Waals surface area contributed by atoms with Crippen molar-refractivity contribution in [1.29, 1.82) is 0 Å². The van der Waals surface area contributed by atoms with Gasteiger partial charge in [-0.05, 0) is 43.2 Å². The maximum absolute atomic E-state index is 5.79. The van der Waals surface area contributed by atoms with Crippen molar-refractivity contribution in [1.82, 2.24) is 19.5 Å². The first-order valence-electron chi connectivity index (χ1n) is 9.74. The number of rotatable bonds is 4. The van der Waals surface area contributed by atoms with Gasteiger partial charge in [0.1, 0.15) is 5.82 Å². The molecular weight excluding hydrogens is 336 g/mol. The molecule has 0 bridgehead atoms. The van der Waals surface area contributed by atoms with Gasteiger partial charge in [-0.1, -0.05) is 24.3 Å². The Morgan fingerprint density at radius 1 is 1.07 bits per heavy atom. The molecule has 6 nitrogen and oxygen atoms in total. The van der Waals surface area contributed by atoms with Crippen molar-refractivity contribution in [2.75, 3.05) is 23.7 Å². The lowest BCUT2D eigenvalue weighted by Crippen LogP contribution is -2.35. The van der Waals surface area contributed by atoms with E-state index in [4.69, 9.17) is 5.73 Å². The zero-order valence-corrected chi connectivity index (χ0v) is 15.3. The third kappa shape index (κ3) is 2.95. The fraction of sp³-hybridized carbons (Fsp3) is 0.381. The Morgan fingerprint density at radius 3 is 2.78 bits per heavy atom. The molecule has 1 aromatic carbocycles. The van der Waals surface area contributed by atoms with Gasteiger partial charge in [0, 0.05) is 24.8 Å². The lowest BCUT2D eigenvalue weighted by Gasteiger charge is -2.32. The fourth-order valence-electron chi connectivity index (χ4n) is 4.56. The summed E-state index contributed by atoms with van der Waals surface area (Å²) in [5.41, 5.74) is 9.83. The van der Waals surface area contributed by atoms with Crippen molar-refractivity contribution in [2.24, 2.45) is 5.92 Å². The van der Waals surface area contributed by atoms with Crippen LogP contribution in [0.1, 0.15) is 37.3 Å². The summed E-state index contributed by atoms with van der Waals surface area (Å²) in [6, 6.07) is 10.9.